The van der Waals surface area contributed by atoms with Crippen LogP contribution in [0.3, 0.4) is 0 Å². The summed E-state index contributed by atoms with van der Waals surface area (Å²) in [7, 11) is 1.80. The van der Waals surface area contributed by atoms with E-state index in [-0.39, 0.29) is 17.7 Å². The Morgan fingerprint density at radius 2 is 1.82 bits per heavy atom. The highest BCUT2D eigenvalue weighted by Crippen LogP contribution is 2.22. The van der Waals surface area contributed by atoms with Crippen molar-refractivity contribution >= 4 is 23.3 Å². The molecule has 0 aliphatic carbocycles. The Balaban J connectivity index is 1.66. The van der Waals surface area contributed by atoms with Crippen molar-refractivity contribution in [2.24, 2.45) is 0 Å². The first kappa shape index (κ1) is 20.6. The molecule has 7 heteroatoms. The first-order valence-corrected chi connectivity index (χ1v) is 10.7. The molecular formula is C21H34N6O. The molecule has 1 aromatic rings. The van der Waals surface area contributed by atoms with E-state index in [1.807, 2.05) is 12.1 Å². The van der Waals surface area contributed by atoms with Gasteiger partial charge in [0.2, 0.25) is 0 Å². The van der Waals surface area contributed by atoms with E-state index in [1.54, 1.807) is 7.05 Å². The number of piperidine rings is 1. The number of carbonyl (C=O) groups is 1. The highest BCUT2D eigenvalue weighted by Gasteiger charge is 2.24. The quantitative estimate of drug-likeness (QED) is 0.654. The van der Waals surface area contributed by atoms with Gasteiger partial charge in [-0.3, -0.25) is 10.2 Å². The maximum absolute atomic E-state index is 12.6. The molecule has 3 N–H and O–H groups in total. The standard InChI is InChI=1S/C21H34N6O/c1-3-26-14-10-16(11-15-26)24-21(28)19(22)17-8-9-18(25-20(17)23-2)27-12-6-4-5-7-13-27/h8-9,16,22H,3-7,10-15H2,1-2H3,(H,23,25)(H,24,28). The third kappa shape index (κ3) is 5.01. The van der Waals surface area contributed by atoms with E-state index in [4.69, 9.17) is 10.4 Å². The van der Waals surface area contributed by atoms with E-state index in [0.29, 0.717) is 11.4 Å². The molecule has 28 heavy (non-hydrogen) atoms. The Labute approximate surface area is 168 Å². The maximum atomic E-state index is 12.6. The van der Waals surface area contributed by atoms with Gasteiger partial charge in [0.15, 0.2) is 0 Å². The van der Waals surface area contributed by atoms with Crippen LogP contribution in [-0.2, 0) is 4.79 Å². The summed E-state index contributed by atoms with van der Waals surface area (Å²) in [5.74, 6) is 1.22. The Bertz CT molecular complexity index is 675. The summed E-state index contributed by atoms with van der Waals surface area (Å²) in [6.45, 7) is 7.26. The van der Waals surface area contributed by atoms with Crippen LogP contribution in [0.5, 0.6) is 0 Å². The molecule has 0 unspecified atom stereocenters. The van der Waals surface area contributed by atoms with Crippen LogP contribution in [-0.4, -0.2) is 67.3 Å². The number of rotatable bonds is 6. The lowest BCUT2D eigenvalue weighted by atomic mass is 10.0. The smallest absolute Gasteiger partial charge is 0.270 e. The van der Waals surface area contributed by atoms with Crippen molar-refractivity contribution in [3.05, 3.63) is 17.7 Å². The minimum Gasteiger partial charge on any atom is -0.373 e. The van der Waals surface area contributed by atoms with Crippen LogP contribution >= 0.6 is 0 Å². The van der Waals surface area contributed by atoms with Gasteiger partial charge < -0.3 is 20.4 Å². The van der Waals surface area contributed by atoms with Crippen molar-refractivity contribution in [3.63, 3.8) is 0 Å². The van der Waals surface area contributed by atoms with Gasteiger partial charge in [0.1, 0.15) is 17.3 Å². The fourth-order valence-electron chi connectivity index (χ4n) is 4.09. The lowest BCUT2D eigenvalue weighted by Gasteiger charge is -2.31. The van der Waals surface area contributed by atoms with Gasteiger partial charge in [-0.2, -0.15) is 0 Å². The Hall–Kier alpha value is -2.15. The van der Waals surface area contributed by atoms with Crippen LogP contribution in [0.1, 0.15) is 51.0 Å². The number of nitrogens with zero attached hydrogens (tertiary/aromatic N) is 3. The number of amides is 1. The van der Waals surface area contributed by atoms with Gasteiger partial charge in [-0.05, 0) is 44.4 Å². The number of aromatic nitrogens is 1. The number of carbonyl (C=O) groups excluding carboxylic acids is 1. The van der Waals surface area contributed by atoms with Crippen molar-refractivity contribution in [1.29, 1.82) is 5.41 Å². The lowest BCUT2D eigenvalue weighted by molar-refractivity contribution is -0.115. The molecule has 1 amide bonds. The van der Waals surface area contributed by atoms with Crippen molar-refractivity contribution < 1.29 is 4.79 Å². The van der Waals surface area contributed by atoms with Gasteiger partial charge in [0, 0.05) is 44.8 Å². The van der Waals surface area contributed by atoms with E-state index in [1.165, 1.54) is 25.7 Å². The summed E-state index contributed by atoms with van der Waals surface area (Å²) in [4.78, 5) is 22.1. The normalized spacial score (nSPS) is 19.1. The fourth-order valence-corrected chi connectivity index (χ4v) is 4.09. The number of likely N-dealkylation sites (tertiary alicyclic amines) is 1. The van der Waals surface area contributed by atoms with E-state index >= 15 is 0 Å². The number of hydrogen-bond acceptors (Lipinski definition) is 6. The van der Waals surface area contributed by atoms with Gasteiger partial charge >= 0.3 is 0 Å². The molecule has 3 heterocycles. The first-order chi connectivity index (χ1) is 13.6. The third-order valence-corrected chi connectivity index (χ3v) is 5.91. The van der Waals surface area contributed by atoms with E-state index in [9.17, 15) is 4.79 Å². The zero-order valence-electron chi connectivity index (χ0n) is 17.3. The SMILES string of the molecule is CCN1CCC(NC(=O)C(=N)c2ccc(N3CCCCCC3)nc2NC)CC1. The number of hydrogen-bond donors (Lipinski definition) is 3. The topological polar surface area (TPSA) is 84.4 Å². The second-order valence-electron chi connectivity index (χ2n) is 7.77. The zero-order chi connectivity index (χ0) is 19.9. The van der Waals surface area contributed by atoms with Crippen LogP contribution in [0.25, 0.3) is 0 Å². The predicted molar refractivity (Wildman–Crippen MR) is 115 cm³/mol. The molecule has 0 saturated carbocycles. The molecule has 0 radical (unpaired) electrons. The van der Waals surface area contributed by atoms with Crippen molar-refractivity contribution in [2.75, 3.05) is 50.0 Å². The van der Waals surface area contributed by atoms with Crippen LogP contribution in [0, 0.1) is 5.41 Å². The minimum atomic E-state index is -0.309. The largest absolute Gasteiger partial charge is 0.373 e. The molecule has 3 rings (SSSR count). The molecule has 2 aliphatic heterocycles. The lowest BCUT2D eigenvalue weighted by Crippen LogP contribution is -2.46. The second kappa shape index (κ2) is 9.87. The Morgan fingerprint density at radius 3 is 2.43 bits per heavy atom. The molecular weight excluding hydrogens is 352 g/mol. The summed E-state index contributed by atoms with van der Waals surface area (Å²) in [6, 6.07) is 3.96. The average molecular weight is 387 g/mol. The van der Waals surface area contributed by atoms with Gasteiger partial charge in [-0.25, -0.2) is 4.98 Å². The van der Waals surface area contributed by atoms with Crippen LogP contribution in [0.2, 0.25) is 0 Å². The number of pyridine rings is 1. The van der Waals surface area contributed by atoms with Crippen molar-refractivity contribution in [2.45, 2.75) is 51.5 Å². The molecule has 0 bridgehead atoms. The molecule has 2 fully saturated rings. The maximum Gasteiger partial charge on any atom is 0.270 e. The third-order valence-electron chi connectivity index (χ3n) is 5.91. The molecule has 0 atom stereocenters. The van der Waals surface area contributed by atoms with E-state index in [0.717, 1.165) is 51.4 Å². The second-order valence-corrected chi connectivity index (χ2v) is 7.77. The predicted octanol–water partition coefficient (Wildman–Crippen LogP) is 2.47. The van der Waals surface area contributed by atoms with Crippen LogP contribution < -0.4 is 15.5 Å². The highest BCUT2D eigenvalue weighted by atomic mass is 16.1. The van der Waals surface area contributed by atoms with Gasteiger partial charge in [-0.1, -0.05) is 19.8 Å². The van der Waals surface area contributed by atoms with Gasteiger partial charge in [0.05, 0.1) is 0 Å². The summed E-state index contributed by atoms with van der Waals surface area (Å²) in [6.07, 6.45) is 6.81. The van der Waals surface area contributed by atoms with Gasteiger partial charge in [-0.15, -0.1) is 0 Å². The van der Waals surface area contributed by atoms with Crippen molar-refractivity contribution in [1.82, 2.24) is 15.2 Å². The fraction of sp³-hybridized carbons (Fsp3) is 0.667. The summed E-state index contributed by atoms with van der Waals surface area (Å²) in [5.41, 5.74) is 0.543. The molecule has 1 aromatic heterocycles. The number of anilines is 2. The van der Waals surface area contributed by atoms with Crippen molar-refractivity contribution in [3.8, 4) is 0 Å². The molecule has 0 spiro atoms. The molecule has 2 aliphatic rings. The van der Waals surface area contributed by atoms with Crippen LogP contribution in [0.4, 0.5) is 11.6 Å². The molecule has 0 aromatic carbocycles. The molecule has 7 nitrogen and oxygen atoms in total. The summed E-state index contributed by atoms with van der Waals surface area (Å²) < 4.78 is 0. The van der Waals surface area contributed by atoms with Gasteiger partial charge in [0.25, 0.3) is 5.91 Å². The number of nitrogens with one attached hydrogen (secondary N) is 3. The van der Waals surface area contributed by atoms with E-state index in [2.05, 4.69) is 27.4 Å². The first-order valence-electron chi connectivity index (χ1n) is 10.7. The zero-order valence-corrected chi connectivity index (χ0v) is 17.3. The van der Waals surface area contributed by atoms with E-state index < -0.39 is 0 Å². The molecule has 2 saturated heterocycles. The Kier molecular flexibility index (Phi) is 7.25. The minimum absolute atomic E-state index is 0.0165. The summed E-state index contributed by atoms with van der Waals surface area (Å²) in [5, 5.41) is 14.5. The monoisotopic (exact) mass is 386 g/mol. The summed E-state index contributed by atoms with van der Waals surface area (Å²) >= 11 is 0. The highest BCUT2D eigenvalue weighted by molar-refractivity contribution is 6.45. The molecule has 154 valence electrons. The average Bonchev–Trinajstić information content (AvgIpc) is 3.03. The Morgan fingerprint density at radius 1 is 1.14 bits per heavy atom. The van der Waals surface area contributed by atoms with Crippen LogP contribution in [0.15, 0.2) is 12.1 Å².